The fourth-order valence-corrected chi connectivity index (χ4v) is 1.70. The maximum absolute atomic E-state index is 12.0. The monoisotopic (exact) mass is 253 g/mol. The Hall–Kier alpha value is -2.42. The van der Waals surface area contributed by atoms with E-state index in [0.29, 0.717) is 11.3 Å². The molecule has 0 saturated carbocycles. The van der Waals surface area contributed by atoms with Crippen LogP contribution in [-0.2, 0) is 6.42 Å². The molecule has 3 heteroatoms. The van der Waals surface area contributed by atoms with Gasteiger partial charge in [0.25, 0.3) is 0 Å². The minimum atomic E-state index is -0.00743. The number of carbonyl (C=O) groups excluding carboxylic acids is 1. The Bertz CT molecular complexity index is 583. The van der Waals surface area contributed by atoms with Crippen molar-refractivity contribution in [2.75, 3.05) is 5.73 Å². The van der Waals surface area contributed by atoms with Crippen molar-refractivity contribution in [3.63, 3.8) is 0 Å². The van der Waals surface area contributed by atoms with Crippen LogP contribution in [0.1, 0.15) is 22.8 Å². The van der Waals surface area contributed by atoms with Crippen molar-refractivity contribution in [1.29, 1.82) is 0 Å². The van der Waals surface area contributed by atoms with Gasteiger partial charge in [0, 0.05) is 23.4 Å². The van der Waals surface area contributed by atoms with Crippen LogP contribution in [-0.4, -0.2) is 5.78 Å². The second-order valence-electron chi connectivity index (χ2n) is 4.31. The zero-order valence-electron chi connectivity index (χ0n) is 10.9. The molecule has 0 aliphatic rings. The maximum Gasteiger partial charge on any atom is 0.191 e. The molecule has 2 aromatic rings. The average Bonchev–Trinajstić information content (AvgIpc) is 2.46. The van der Waals surface area contributed by atoms with Crippen molar-refractivity contribution in [3.8, 4) is 0 Å². The molecular weight excluding hydrogens is 236 g/mol. The van der Waals surface area contributed by atoms with Crippen molar-refractivity contribution in [2.24, 2.45) is 0 Å². The molecule has 0 fully saturated rings. The molecule has 0 unspecified atom stereocenters. The first kappa shape index (κ1) is 13.0. The van der Waals surface area contributed by atoms with Gasteiger partial charge >= 0.3 is 0 Å². The third-order valence-corrected chi connectivity index (χ3v) is 2.92. The van der Waals surface area contributed by atoms with Crippen LogP contribution >= 0.6 is 0 Å². The Labute approximate surface area is 113 Å². The van der Waals surface area contributed by atoms with Crippen LogP contribution < -0.4 is 10.3 Å². The lowest BCUT2D eigenvalue weighted by Crippen LogP contribution is -2.24. The molecule has 1 aromatic carbocycles. The summed E-state index contributed by atoms with van der Waals surface area (Å²) in [6.07, 6.45) is 7.86. The summed E-state index contributed by atoms with van der Waals surface area (Å²) in [5.74, 6) is -0.00743. The minimum absolute atomic E-state index is 0.00743. The first-order chi connectivity index (χ1) is 9.19. The summed E-state index contributed by atoms with van der Waals surface area (Å²) in [5.41, 5.74) is 8.23. The normalized spacial score (nSPS) is 10.8. The number of allylic oxidation sites excluding steroid dienone is 1. The first-order valence-corrected chi connectivity index (χ1v) is 6.27. The number of pyridine rings is 1. The molecule has 1 heterocycles. The van der Waals surface area contributed by atoms with Gasteiger partial charge < -0.3 is 5.73 Å². The van der Waals surface area contributed by atoms with E-state index in [1.807, 2.05) is 24.3 Å². The second kappa shape index (κ2) is 5.96. The lowest BCUT2D eigenvalue weighted by molar-refractivity contribution is -0.568. The van der Waals surface area contributed by atoms with Crippen LogP contribution in [0.5, 0.6) is 0 Å². The topological polar surface area (TPSA) is 47.0 Å². The van der Waals surface area contributed by atoms with Gasteiger partial charge in [-0.25, -0.2) is 0 Å². The smallest absolute Gasteiger partial charge is 0.191 e. The highest BCUT2D eigenvalue weighted by atomic mass is 16.1. The van der Waals surface area contributed by atoms with Gasteiger partial charge in [-0.15, -0.1) is 0 Å². The molecule has 0 bridgehead atoms. The van der Waals surface area contributed by atoms with Gasteiger partial charge in [-0.2, -0.15) is 4.57 Å². The largest absolute Gasteiger partial charge is 0.398 e. The molecule has 96 valence electrons. The zero-order valence-corrected chi connectivity index (χ0v) is 10.9. The number of aromatic nitrogens is 1. The lowest BCUT2D eigenvalue weighted by atomic mass is 10.1. The number of benzene rings is 1. The minimum Gasteiger partial charge on any atom is -0.398 e. The molecule has 0 atom stereocenters. The number of nitrogens with two attached hydrogens (primary N) is 1. The molecule has 0 aliphatic carbocycles. The third kappa shape index (κ3) is 3.52. The molecule has 0 saturated heterocycles. The molecule has 0 amide bonds. The van der Waals surface area contributed by atoms with E-state index in [-0.39, 0.29) is 5.78 Å². The average molecular weight is 253 g/mol. The van der Waals surface area contributed by atoms with E-state index in [0.717, 1.165) is 6.42 Å². The number of carbonyl (C=O) groups is 1. The second-order valence-corrected chi connectivity index (χ2v) is 4.31. The van der Waals surface area contributed by atoms with Gasteiger partial charge in [0.2, 0.25) is 0 Å². The van der Waals surface area contributed by atoms with Crippen LogP contribution in [0.4, 0.5) is 5.69 Å². The summed E-state index contributed by atoms with van der Waals surface area (Å²) in [5, 5.41) is 0. The first-order valence-electron chi connectivity index (χ1n) is 6.27. The third-order valence-electron chi connectivity index (χ3n) is 2.92. The lowest BCUT2D eigenvalue weighted by Gasteiger charge is -1.98. The van der Waals surface area contributed by atoms with Crippen molar-refractivity contribution >= 4 is 17.7 Å². The van der Waals surface area contributed by atoms with Gasteiger partial charge in [0.1, 0.15) is 0 Å². The molecule has 1 aromatic heterocycles. The van der Waals surface area contributed by atoms with Crippen LogP contribution in [0, 0.1) is 0 Å². The number of rotatable bonds is 4. The summed E-state index contributed by atoms with van der Waals surface area (Å²) in [4.78, 5) is 12.0. The van der Waals surface area contributed by atoms with Gasteiger partial charge in [-0.05, 0) is 12.0 Å². The summed E-state index contributed by atoms with van der Waals surface area (Å²) < 4.78 is 1.79. The number of anilines is 1. The number of nitrogen functional groups attached to an aromatic ring is 1. The highest BCUT2D eigenvalue weighted by molar-refractivity contribution is 6.05. The van der Waals surface area contributed by atoms with E-state index < -0.39 is 0 Å². The van der Waals surface area contributed by atoms with Gasteiger partial charge in [0.15, 0.2) is 24.4 Å². The van der Waals surface area contributed by atoms with Crippen molar-refractivity contribution in [1.82, 2.24) is 0 Å². The summed E-state index contributed by atoms with van der Waals surface area (Å²) in [6, 6.07) is 11.3. The van der Waals surface area contributed by atoms with Crippen LogP contribution in [0.25, 0.3) is 6.20 Å². The summed E-state index contributed by atoms with van der Waals surface area (Å²) in [6.45, 7) is 2.09. The van der Waals surface area contributed by atoms with Gasteiger partial charge in [-0.3, -0.25) is 4.79 Å². The molecule has 0 aliphatic heterocycles. The Balaban J connectivity index is 2.09. The van der Waals surface area contributed by atoms with E-state index in [4.69, 9.17) is 5.73 Å². The Morgan fingerprint density at radius 2 is 1.79 bits per heavy atom. The molecule has 2 N–H and O–H groups in total. The zero-order chi connectivity index (χ0) is 13.7. The number of hydrogen-bond donors (Lipinski definition) is 1. The molecule has 2 rings (SSSR count). The Morgan fingerprint density at radius 1 is 1.16 bits per heavy atom. The van der Waals surface area contributed by atoms with Gasteiger partial charge in [0.05, 0.1) is 6.08 Å². The van der Waals surface area contributed by atoms with Crippen LogP contribution in [0.2, 0.25) is 0 Å². The standard InChI is InChI=1S/C16H16N2O/c1-2-13-3-5-14(6-4-13)16(19)9-12-18-10-7-15(17)8-11-18/h3-12,17H,2H2,1H3/p+1/b12-9+. The fourth-order valence-electron chi connectivity index (χ4n) is 1.70. The molecule has 3 nitrogen and oxygen atoms in total. The predicted molar refractivity (Wildman–Crippen MR) is 76.5 cm³/mol. The van der Waals surface area contributed by atoms with E-state index in [2.05, 4.69) is 6.92 Å². The van der Waals surface area contributed by atoms with Crippen LogP contribution in [0.3, 0.4) is 0 Å². The Kier molecular flexibility index (Phi) is 4.08. The number of ketones is 1. The molecule has 0 spiro atoms. The molecular formula is C16H17N2O+. The van der Waals surface area contributed by atoms with E-state index in [1.54, 1.807) is 41.4 Å². The van der Waals surface area contributed by atoms with E-state index >= 15 is 0 Å². The SMILES string of the molecule is CCc1ccc(C(=O)/C=C/[n+]2ccc(N)cc2)cc1. The number of aryl methyl sites for hydroxylation is 1. The van der Waals surface area contributed by atoms with E-state index in [9.17, 15) is 4.79 Å². The van der Waals surface area contributed by atoms with Gasteiger partial charge in [-0.1, -0.05) is 31.2 Å². The summed E-state index contributed by atoms with van der Waals surface area (Å²) >= 11 is 0. The molecule has 19 heavy (non-hydrogen) atoms. The number of nitrogens with zero attached hydrogens (tertiary/aromatic N) is 1. The predicted octanol–water partition coefficient (Wildman–Crippen LogP) is 2.47. The van der Waals surface area contributed by atoms with Crippen molar-refractivity contribution in [2.45, 2.75) is 13.3 Å². The quantitative estimate of drug-likeness (QED) is 0.517. The number of hydrogen-bond acceptors (Lipinski definition) is 2. The Morgan fingerprint density at radius 3 is 2.37 bits per heavy atom. The summed E-state index contributed by atoms with van der Waals surface area (Å²) in [7, 11) is 0. The highest BCUT2D eigenvalue weighted by Crippen LogP contribution is 2.06. The maximum atomic E-state index is 12.0. The van der Waals surface area contributed by atoms with Crippen LogP contribution in [0.15, 0.2) is 54.9 Å². The molecule has 0 radical (unpaired) electrons. The van der Waals surface area contributed by atoms with E-state index in [1.165, 1.54) is 5.56 Å². The van der Waals surface area contributed by atoms with Crippen molar-refractivity contribution in [3.05, 3.63) is 66.0 Å². The highest BCUT2D eigenvalue weighted by Gasteiger charge is 2.03. The fraction of sp³-hybridized carbons (Fsp3) is 0.125. The van der Waals surface area contributed by atoms with Crippen molar-refractivity contribution < 1.29 is 9.36 Å².